The lowest BCUT2D eigenvalue weighted by atomic mass is 10.0. The SMILES string of the molecule is CCCCCCCCCCCCc1ccccc1P(c1ccc(-c2ccccc2)cc1)c1ccccc1CCCCCCCCCCCC. The van der Waals surface area contributed by atoms with E-state index >= 15 is 0 Å². The van der Waals surface area contributed by atoms with E-state index < -0.39 is 7.92 Å². The number of aryl methyl sites for hydroxylation is 2. The highest BCUT2D eigenvalue weighted by molar-refractivity contribution is 7.80. The second kappa shape index (κ2) is 24.5. The van der Waals surface area contributed by atoms with Gasteiger partial charge in [0.1, 0.15) is 0 Å². The van der Waals surface area contributed by atoms with Crippen LogP contribution in [0.5, 0.6) is 0 Å². The maximum Gasteiger partial charge on any atom is -0.0119 e. The number of benzene rings is 4. The van der Waals surface area contributed by atoms with E-state index in [4.69, 9.17) is 0 Å². The average Bonchev–Trinajstić information content (AvgIpc) is 3.15. The molecule has 0 saturated carbocycles. The van der Waals surface area contributed by atoms with Gasteiger partial charge in [0.05, 0.1) is 0 Å². The Kier molecular flexibility index (Phi) is 19.5. The van der Waals surface area contributed by atoms with Crippen molar-refractivity contribution in [3.05, 3.63) is 114 Å². The Labute approximate surface area is 303 Å². The Morgan fingerprint density at radius 1 is 0.327 bits per heavy atom. The first-order valence-corrected chi connectivity index (χ1v) is 21.8. The van der Waals surface area contributed by atoms with Gasteiger partial charge in [0, 0.05) is 0 Å². The Morgan fingerprint density at radius 3 is 1.10 bits per heavy atom. The number of unbranched alkanes of at least 4 members (excludes halogenated alkanes) is 18. The summed E-state index contributed by atoms with van der Waals surface area (Å²) >= 11 is 0. The van der Waals surface area contributed by atoms with Crippen molar-refractivity contribution in [2.24, 2.45) is 0 Å². The molecule has 1 heteroatoms. The summed E-state index contributed by atoms with van der Waals surface area (Å²) in [5, 5.41) is 4.61. The van der Waals surface area contributed by atoms with Crippen LogP contribution >= 0.6 is 7.92 Å². The zero-order chi connectivity index (χ0) is 34.2. The van der Waals surface area contributed by atoms with Crippen molar-refractivity contribution in [1.82, 2.24) is 0 Å². The summed E-state index contributed by atoms with van der Waals surface area (Å²) in [5.41, 5.74) is 5.72. The molecule has 0 heterocycles. The Balaban J connectivity index is 1.45. The predicted octanol–water partition coefficient (Wildman–Crippen LogP) is 14.0. The van der Waals surface area contributed by atoms with Crippen molar-refractivity contribution in [3.8, 4) is 11.1 Å². The van der Waals surface area contributed by atoms with Crippen molar-refractivity contribution in [3.63, 3.8) is 0 Å². The molecule has 0 aliphatic rings. The predicted molar refractivity (Wildman–Crippen MR) is 222 cm³/mol. The van der Waals surface area contributed by atoms with Crippen molar-refractivity contribution in [2.75, 3.05) is 0 Å². The van der Waals surface area contributed by atoms with Crippen LogP contribution in [0.3, 0.4) is 0 Å². The molecule has 4 aromatic rings. The maximum absolute atomic E-state index is 2.46. The molecular weight excluding hydrogens is 608 g/mol. The zero-order valence-electron chi connectivity index (χ0n) is 31.3. The van der Waals surface area contributed by atoms with E-state index in [-0.39, 0.29) is 0 Å². The summed E-state index contributed by atoms with van der Waals surface area (Å²) in [5.74, 6) is 0. The minimum Gasteiger partial charge on any atom is -0.0654 e. The van der Waals surface area contributed by atoms with Gasteiger partial charge in [-0.2, -0.15) is 0 Å². The Hall–Kier alpha value is -2.69. The fraction of sp³-hybridized carbons (Fsp3) is 0.500. The minimum absolute atomic E-state index is 0.644. The molecule has 0 saturated heterocycles. The molecule has 0 aliphatic heterocycles. The normalized spacial score (nSPS) is 11.4. The van der Waals surface area contributed by atoms with Crippen LogP contribution in [0.4, 0.5) is 0 Å². The lowest BCUT2D eigenvalue weighted by molar-refractivity contribution is 0.556. The molecular formula is C48H67P. The lowest BCUT2D eigenvalue weighted by Crippen LogP contribution is -2.25. The summed E-state index contributed by atoms with van der Waals surface area (Å²) in [6.45, 7) is 4.61. The molecule has 4 aromatic carbocycles. The van der Waals surface area contributed by atoms with Crippen molar-refractivity contribution >= 4 is 23.8 Å². The topological polar surface area (TPSA) is 0 Å². The van der Waals surface area contributed by atoms with Crippen LogP contribution in [0.1, 0.15) is 153 Å². The first kappa shape index (κ1) is 39.1. The number of hydrogen-bond acceptors (Lipinski definition) is 0. The lowest BCUT2D eigenvalue weighted by Gasteiger charge is -2.25. The molecule has 0 bridgehead atoms. The van der Waals surface area contributed by atoms with E-state index in [9.17, 15) is 0 Å². The third-order valence-corrected chi connectivity index (χ3v) is 12.9. The Bertz CT molecular complexity index is 1320. The van der Waals surface area contributed by atoms with E-state index in [1.165, 1.54) is 158 Å². The monoisotopic (exact) mass is 674 g/mol. The molecule has 0 radical (unpaired) electrons. The molecule has 264 valence electrons. The van der Waals surface area contributed by atoms with Gasteiger partial charge in [-0.3, -0.25) is 0 Å². The van der Waals surface area contributed by atoms with Gasteiger partial charge in [-0.05, 0) is 71.8 Å². The van der Waals surface area contributed by atoms with Crippen LogP contribution in [-0.4, -0.2) is 0 Å². The minimum atomic E-state index is -0.644. The van der Waals surface area contributed by atoms with E-state index in [2.05, 4.69) is 117 Å². The molecule has 0 aromatic heterocycles. The van der Waals surface area contributed by atoms with Crippen molar-refractivity contribution in [2.45, 2.75) is 155 Å². The summed E-state index contributed by atoms with van der Waals surface area (Å²) in [6, 6.07) is 39.3. The van der Waals surface area contributed by atoms with Gasteiger partial charge in [-0.15, -0.1) is 0 Å². The number of hydrogen-bond donors (Lipinski definition) is 0. The molecule has 0 N–H and O–H groups in total. The smallest absolute Gasteiger partial charge is 0.0119 e. The molecule has 0 amide bonds. The fourth-order valence-corrected chi connectivity index (χ4v) is 10.0. The highest BCUT2D eigenvalue weighted by Crippen LogP contribution is 2.37. The first-order valence-electron chi connectivity index (χ1n) is 20.4. The maximum atomic E-state index is 2.46. The van der Waals surface area contributed by atoms with Crippen LogP contribution in [0.25, 0.3) is 11.1 Å². The highest BCUT2D eigenvalue weighted by Gasteiger charge is 2.22. The number of rotatable bonds is 26. The van der Waals surface area contributed by atoms with E-state index in [0.717, 1.165) is 0 Å². The molecule has 0 spiro atoms. The van der Waals surface area contributed by atoms with Gasteiger partial charge in [0.2, 0.25) is 0 Å². The second-order valence-corrected chi connectivity index (χ2v) is 16.5. The van der Waals surface area contributed by atoms with Crippen LogP contribution in [0, 0.1) is 0 Å². The van der Waals surface area contributed by atoms with Crippen LogP contribution in [0.15, 0.2) is 103 Å². The molecule has 49 heavy (non-hydrogen) atoms. The third-order valence-electron chi connectivity index (χ3n) is 10.3. The largest absolute Gasteiger partial charge is 0.0654 e. The van der Waals surface area contributed by atoms with E-state index in [1.54, 1.807) is 21.7 Å². The van der Waals surface area contributed by atoms with Crippen molar-refractivity contribution < 1.29 is 0 Å². The molecule has 0 fully saturated rings. The van der Waals surface area contributed by atoms with Crippen LogP contribution in [-0.2, 0) is 12.8 Å². The molecule has 0 aliphatic carbocycles. The molecule has 0 unspecified atom stereocenters. The summed E-state index contributed by atoms with van der Waals surface area (Å²) < 4.78 is 0. The average molecular weight is 675 g/mol. The summed E-state index contributed by atoms with van der Waals surface area (Å²) in [4.78, 5) is 0. The van der Waals surface area contributed by atoms with Gasteiger partial charge in [0.15, 0.2) is 0 Å². The van der Waals surface area contributed by atoms with Gasteiger partial charge < -0.3 is 0 Å². The van der Waals surface area contributed by atoms with Crippen LogP contribution < -0.4 is 15.9 Å². The van der Waals surface area contributed by atoms with Gasteiger partial charge in [-0.25, -0.2) is 0 Å². The second-order valence-electron chi connectivity index (χ2n) is 14.4. The molecule has 4 rings (SSSR count). The summed E-state index contributed by atoms with van der Waals surface area (Å²) in [6.07, 6.45) is 30.1. The fourth-order valence-electron chi connectivity index (χ4n) is 7.33. The summed E-state index contributed by atoms with van der Waals surface area (Å²) in [7, 11) is -0.644. The standard InChI is InChI=1S/C48H67P/c1-3-5-7-9-11-13-15-17-19-22-32-44-34-26-28-36-47(44)49(46-40-38-43(39-41-46)42-30-24-21-25-31-42)48-37-29-27-35-45(48)33-23-20-18-16-14-12-10-8-6-4-2/h21,24-31,34-41H,3-20,22-23,32-33H2,1-2H3. The van der Waals surface area contributed by atoms with Crippen LogP contribution in [0.2, 0.25) is 0 Å². The first-order chi connectivity index (χ1) is 24.3. The van der Waals surface area contributed by atoms with Crippen molar-refractivity contribution in [1.29, 1.82) is 0 Å². The zero-order valence-corrected chi connectivity index (χ0v) is 32.2. The molecule has 0 atom stereocenters. The highest BCUT2D eigenvalue weighted by atomic mass is 31.1. The van der Waals surface area contributed by atoms with E-state index in [1.807, 2.05) is 0 Å². The quantitative estimate of drug-likeness (QED) is 0.0459. The van der Waals surface area contributed by atoms with Gasteiger partial charge in [0.25, 0.3) is 0 Å². The molecule has 0 nitrogen and oxygen atoms in total. The third kappa shape index (κ3) is 14.2. The van der Waals surface area contributed by atoms with Gasteiger partial charge in [-0.1, -0.05) is 233 Å². The van der Waals surface area contributed by atoms with Gasteiger partial charge >= 0.3 is 0 Å². The van der Waals surface area contributed by atoms with E-state index in [0.29, 0.717) is 0 Å². The Morgan fingerprint density at radius 2 is 0.673 bits per heavy atom.